The highest BCUT2D eigenvalue weighted by Gasteiger charge is 2.41. The largest absolute Gasteiger partial charge is 0.355 e. The maximum atomic E-state index is 12.3. The Labute approximate surface area is 118 Å². The molecule has 0 radical (unpaired) electrons. The van der Waals surface area contributed by atoms with Crippen molar-refractivity contribution in [1.82, 2.24) is 4.90 Å². The number of rotatable bonds is 1. The van der Waals surface area contributed by atoms with E-state index in [0.29, 0.717) is 23.7 Å². The fourth-order valence-corrected chi connectivity index (χ4v) is 2.62. The molecule has 1 heterocycles. The van der Waals surface area contributed by atoms with Crippen molar-refractivity contribution in [2.45, 2.75) is 19.4 Å². The molecule has 1 aliphatic rings. The molecule has 1 aromatic rings. The summed E-state index contributed by atoms with van der Waals surface area (Å²) in [4.78, 5) is 16.0. The second-order valence-electron chi connectivity index (χ2n) is 5.21. The Morgan fingerprint density at radius 3 is 2.68 bits per heavy atom. The van der Waals surface area contributed by atoms with E-state index in [1.807, 2.05) is 18.7 Å². The molecule has 0 N–H and O–H groups in total. The molecule has 5 heteroatoms. The Balaban J connectivity index is 2.50. The Kier molecular flexibility index (Phi) is 3.42. The maximum Gasteiger partial charge on any atom is 0.247 e. The van der Waals surface area contributed by atoms with Gasteiger partial charge in [0.2, 0.25) is 5.91 Å². The van der Waals surface area contributed by atoms with E-state index < -0.39 is 5.54 Å². The minimum absolute atomic E-state index is 0.0441. The summed E-state index contributed by atoms with van der Waals surface area (Å²) in [5.41, 5.74) is 0.583. The van der Waals surface area contributed by atoms with Crippen molar-refractivity contribution in [3.05, 3.63) is 28.8 Å². The van der Waals surface area contributed by atoms with E-state index in [-0.39, 0.29) is 5.91 Å². The monoisotopic (exact) mass is 277 g/mol. The average molecular weight is 278 g/mol. The Morgan fingerprint density at radius 2 is 2.05 bits per heavy atom. The molecular weight excluding hydrogens is 262 g/mol. The van der Waals surface area contributed by atoms with Gasteiger partial charge in [0.1, 0.15) is 11.6 Å². The molecule has 0 spiro atoms. The number of nitrogens with zero attached hydrogens (tertiary/aromatic N) is 3. The van der Waals surface area contributed by atoms with Crippen molar-refractivity contribution in [2.75, 3.05) is 25.0 Å². The number of amides is 1. The van der Waals surface area contributed by atoms with Gasteiger partial charge in [0.05, 0.1) is 11.3 Å². The molecule has 0 atom stereocenters. The number of likely N-dealkylation sites (N-methyl/N-ethyl adjacent to an activating group) is 1. The molecule has 0 aliphatic carbocycles. The van der Waals surface area contributed by atoms with Gasteiger partial charge in [-0.2, -0.15) is 5.26 Å². The van der Waals surface area contributed by atoms with Gasteiger partial charge >= 0.3 is 0 Å². The number of carbonyl (C=O) groups excluding carboxylic acids is 1. The van der Waals surface area contributed by atoms with Crippen molar-refractivity contribution in [2.24, 2.45) is 0 Å². The molecule has 0 bridgehead atoms. The summed E-state index contributed by atoms with van der Waals surface area (Å²) in [7, 11) is 1.80. The molecule has 100 valence electrons. The number of piperazine rings is 1. The van der Waals surface area contributed by atoms with E-state index in [1.54, 1.807) is 30.1 Å². The highest BCUT2D eigenvalue weighted by Crippen LogP contribution is 2.32. The van der Waals surface area contributed by atoms with Gasteiger partial charge in [-0.3, -0.25) is 4.79 Å². The lowest BCUT2D eigenvalue weighted by molar-refractivity contribution is -0.136. The van der Waals surface area contributed by atoms with Crippen LogP contribution in [0, 0.1) is 11.3 Å². The van der Waals surface area contributed by atoms with E-state index in [9.17, 15) is 10.1 Å². The second kappa shape index (κ2) is 4.75. The van der Waals surface area contributed by atoms with Gasteiger partial charge in [-0.25, -0.2) is 0 Å². The smallest absolute Gasteiger partial charge is 0.247 e. The first kappa shape index (κ1) is 13.7. The van der Waals surface area contributed by atoms with Crippen LogP contribution >= 0.6 is 11.6 Å². The molecule has 0 aromatic heterocycles. The van der Waals surface area contributed by atoms with Gasteiger partial charge in [-0.05, 0) is 32.0 Å². The maximum absolute atomic E-state index is 12.3. The topological polar surface area (TPSA) is 47.3 Å². The van der Waals surface area contributed by atoms with Crippen LogP contribution in [0.3, 0.4) is 0 Å². The summed E-state index contributed by atoms with van der Waals surface area (Å²) in [6, 6.07) is 7.29. The van der Waals surface area contributed by atoms with E-state index in [1.165, 1.54) is 0 Å². The zero-order valence-electron chi connectivity index (χ0n) is 11.3. The lowest BCUT2D eigenvalue weighted by Crippen LogP contribution is -2.62. The summed E-state index contributed by atoms with van der Waals surface area (Å²) >= 11 is 6.02. The van der Waals surface area contributed by atoms with Gasteiger partial charge in [0.25, 0.3) is 0 Å². The number of hydrogen-bond acceptors (Lipinski definition) is 3. The van der Waals surface area contributed by atoms with E-state index in [2.05, 4.69) is 6.07 Å². The minimum atomic E-state index is -0.677. The van der Waals surface area contributed by atoms with E-state index >= 15 is 0 Å². The van der Waals surface area contributed by atoms with Gasteiger partial charge in [-0.15, -0.1) is 0 Å². The lowest BCUT2D eigenvalue weighted by atomic mass is 9.95. The highest BCUT2D eigenvalue weighted by atomic mass is 35.5. The minimum Gasteiger partial charge on any atom is -0.355 e. The fraction of sp³-hybridized carbons (Fsp3) is 0.429. The van der Waals surface area contributed by atoms with E-state index in [4.69, 9.17) is 11.6 Å². The molecule has 1 amide bonds. The molecule has 2 rings (SSSR count). The molecule has 1 fully saturated rings. The van der Waals surface area contributed by atoms with Crippen LogP contribution in [0.1, 0.15) is 19.4 Å². The second-order valence-corrected chi connectivity index (χ2v) is 5.65. The first-order chi connectivity index (χ1) is 8.87. The zero-order chi connectivity index (χ0) is 14.2. The SMILES string of the molecule is CN1CCN(c2cc(Cl)ccc2C#N)C(C)(C)C1=O. The fourth-order valence-electron chi connectivity index (χ4n) is 2.46. The third-order valence-corrected chi connectivity index (χ3v) is 3.81. The summed E-state index contributed by atoms with van der Waals surface area (Å²) < 4.78 is 0. The molecule has 19 heavy (non-hydrogen) atoms. The molecule has 1 aliphatic heterocycles. The van der Waals surface area contributed by atoms with Gasteiger partial charge in [0, 0.05) is 25.2 Å². The van der Waals surface area contributed by atoms with Crippen LogP contribution in [0.4, 0.5) is 5.69 Å². The Hall–Kier alpha value is -1.73. The van der Waals surface area contributed by atoms with Crippen LogP contribution in [-0.4, -0.2) is 36.5 Å². The highest BCUT2D eigenvalue weighted by molar-refractivity contribution is 6.31. The molecular formula is C14H16ClN3O. The van der Waals surface area contributed by atoms with Crippen molar-refractivity contribution in [3.8, 4) is 6.07 Å². The third-order valence-electron chi connectivity index (χ3n) is 3.57. The predicted octanol–water partition coefficient (Wildman–Crippen LogP) is 2.27. The van der Waals surface area contributed by atoms with Crippen LogP contribution in [0.15, 0.2) is 18.2 Å². The van der Waals surface area contributed by atoms with Crippen LogP contribution in [-0.2, 0) is 4.79 Å². The van der Waals surface area contributed by atoms with Crippen molar-refractivity contribution in [1.29, 1.82) is 5.26 Å². The van der Waals surface area contributed by atoms with Crippen molar-refractivity contribution < 1.29 is 4.79 Å². The molecule has 1 aromatic carbocycles. The summed E-state index contributed by atoms with van der Waals surface area (Å²) in [5, 5.41) is 9.78. The number of halogens is 1. The molecule has 0 saturated carbocycles. The Bertz CT molecular complexity index is 562. The quantitative estimate of drug-likeness (QED) is 0.791. The molecule has 1 saturated heterocycles. The van der Waals surface area contributed by atoms with Crippen LogP contribution in [0.2, 0.25) is 5.02 Å². The standard InChI is InChI=1S/C14H16ClN3O/c1-14(2)13(19)17(3)6-7-18(14)12-8-11(15)5-4-10(12)9-16/h4-5,8H,6-7H2,1-3H3. The Morgan fingerprint density at radius 1 is 1.37 bits per heavy atom. The van der Waals surface area contributed by atoms with Gasteiger partial charge in [-0.1, -0.05) is 11.6 Å². The lowest BCUT2D eigenvalue weighted by Gasteiger charge is -2.46. The van der Waals surface area contributed by atoms with Crippen LogP contribution < -0.4 is 4.90 Å². The summed E-state index contributed by atoms with van der Waals surface area (Å²) in [5.74, 6) is 0.0441. The summed E-state index contributed by atoms with van der Waals surface area (Å²) in [6.07, 6.45) is 0. The van der Waals surface area contributed by atoms with Crippen molar-refractivity contribution in [3.63, 3.8) is 0 Å². The van der Waals surface area contributed by atoms with Gasteiger partial charge in [0.15, 0.2) is 0 Å². The van der Waals surface area contributed by atoms with Crippen LogP contribution in [0.25, 0.3) is 0 Å². The normalized spacial score (nSPS) is 18.4. The van der Waals surface area contributed by atoms with Crippen molar-refractivity contribution >= 4 is 23.2 Å². The zero-order valence-corrected chi connectivity index (χ0v) is 12.0. The average Bonchev–Trinajstić information content (AvgIpc) is 2.36. The summed E-state index contributed by atoms with van der Waals surface area (Å²) in [6.45, 7) is 5.06. The number of benzene rings is 1. The van der Waals surface area contributed by atoms with Gasteiger partial charge < -0.3 is 9.80 Å². The number of carbonyl (C=O) groups is 1. The predicted molar refractivity (Wildman–Crippen MR) is 75.2 cm³/mol. The first-order valence-electron chi connectivity index (χ1n) is 6.11. The molecule has 0 unspecified atom stereocenters. The number of hydrogen-bond donors (Lipinski definition) is 0. The number of nitriles is 1. The van der Waals surface area contributed by atoms with Crippen LogP contribution in [0.5, 0.6) is 0 Å². The first-order valence-corrected chi connectivity index (χ1v) is 6.48. The number of anilines is 1. The van der Waals surface area contributed by atoms with E-state index in [0.717, 1.165) is 5.69 Å². The molecule has 4 nitrogen and oxygen atoms in total. The third kappa shape index (κ3) is 2.26.